The van der Waals surface area contributed by atoms with Gasteiger partial charge in [0.25, 0.3) is 0 Å². The van der Waals surface area contributed by atoms with E-state index in [1.165, 1.54) is 25.7 Å². The Morgan fingerprint density at radius 2 is 2.00 bits per heavy atom. The fraction of sp³-hybridized carbons (Fsp3) is 0.562. The lowest BCUT2D eigenvalue weighted by Gasteiger charge is -2.28. The Kier molecular flexibility index (Phi) is 3.45. The number of carbonyl (C=O) groups excluding carboxylic acids is 1. The Bertz CT molecular complexity index is 445. The lowest BCUT2D eigenvalue weighted by atomic mass is 9.84. The van der Waals surface area contributed by atoms with E-state index in [2.05, 4.69) is 17.6 Å². The summed E-state index contributed by atoms with van der Waals surface area (Å²) in [5, 5.41) is 6.00. The number of urea groups is 1. The smallest absolute Gasteiger partial charge is 0.319 e. The number of para-hydroxylation sites is 1. The van der Waals surface area contributed by atoms with Gasteiger partial charge in [0.2, 0.25) is 0 Å². The minimum Gasteiger partial charge on any atom is -0.335 e. The highest BCUT2D eigenvalue weighted by Crippen LogP contribution is 2.49. The largest absolute Gasteiger partial charge is 0.335 e. The number of nitrogens with one attached hydrogen (secondary N) is 2. The van der Waals surface area contributed by atoms with Crippen molar-refractivity contribution in [2.24, 2.45) is 17.8 Å². The van der Waals surface area contributed by atoms with Crippen molar-refractivity contribution < 1.29 is 4.79 Å². The Hall–Kier alpha value is -1.51. The number of amides is 2. The maximum Gasteiger partial charge on any atom is 0.319 e. The van der Waals surface area contributed by atoms with Crippen LogP contribution in [0.3, 0.4) is 0 Å². The van der Waals surface area contributed by atoms with E-state index in [-0.39, 0.29) is 12.1 Å². The van der Waals surface area contributed by atoms with Gasteiger partial charge in [0.15, 0.2) is 0 Å². The zero-order valence-electron chi connectivity index (χ0n) is 11.4. The van der Waals surface area contributed by atoms with Crippen molar-refractivity contribution in [3.8, 4) is 0 Å². The minimum absolute atomic E-state index is 0.0820. The maximum atomic E-state index is 12.0. The second kappa shape index (κ2) is 5.24. The summed E-state index contributed by atoms with van der Waals surface area (Å²) in [6.45, 7) is 2.15. The van der Waals surface area contributed by atoms with Crippen LogP contribution in [0, 0.1) is 17.8 Å². The van der Waals surface area contributed by atoms with Gasteiger partial charge in [-0.15, -0.1) is 0 Å². The fourth-order valence-electron chi connectivity index (χ4n) is 3.91. The van der Waals surface area contributed by atoms with Gasteiger partial charge in [-0.1, -0.05) is 24.6 Å². The molecule has 0 aromatic heterocycles. The van der Waals surface area contributed by atoms with Crippen molar-refractivity contribution in [1.29, 1.82) is 0 Å². The molecule has 102 valence electrons. The average molecular weight is 258 g/mol. The first-order chi connectivity index (χ1) is 9.22. The molecule has 0 radical (unpaired) electrons. The Labute approximate surface area is 114 Å². The zero-order valence-corrected chi connectivity index (χ0v) is 11.4. The molecule has 1 aromatic carbocycles. The van der Waals surface area contributed by atoms with Crippen molar-refractivity contribution in [2.45, 2.75) is 38.6 Å². The van der Waals surface area contributed by atoms with E-state index in [1.54, 1.807) is 0 Å². The molecule has 2 fully saturated rings. The van der Waals surface area contributed by atoms with Crippen LogP contribution in [0.5, 0.6) is 0 Å². The first-order valence-electron chi connectivity index (χ1n) is 7.35. The van der Waals surface area contributed by atoms with Gasteiger partial charge in [0.1, 0.15) is 0 Å². The molecule has 2 aliphatic rings. The summed E-state index contributed by atoms with van der Waals surface area (Å²) in [4.78, 5) is 12.0. The van der Waals surface area contributed by atoms with Crippen molar-refractivity contribution >= 4 is 11.7 Å². The molecule has 3 heteroatoms. The Balaban J connectivity index is 1.52. The fourth-order valence-corrected chi connectivity index (χ4v) is 3.91. The number of hydrogen-bond donors (Lipinski definition) is 2. The van der Waals surface area contributed by atoms with Crippen LogP contribution < -0.4 is 10.6 Å². The minimum atomic E-state index is -0.0820. The maximum absolute atomic E-state index is 12.0. The van der Waals surface area contributed by atoms with E-state index in [0.29, 0.717) is 5.92 Å². The van der Waals surface area contributed by atoms with Crippen LogP contribution in [0.1, 0.15) is 32.6 Å². The molecule has 2 N–H and O–H groups in total. The van der Waals surface area contributed by atoms with E-state index in [1.807, 2.05) is 30.3 Å². The second-order valence-corrected chi connectivity index (χ2v) is 6.09. The van der Waals surface area contributed by atoms with Gasteiger partial charge in [-0.05, 0) is 56.1 Å². The number of rotatable bonds is 3. The average Bonchev–Trinajstić information content (AvgIpc) is 3.02. The van der Waals surface area contributed by atoms with E-state index < -0.39 is 0 Å². The summed E-state index contributed by atoms with van der Waals surface area (Å²) in [6, 6.07) is 9.80. The normalized spacial score (nSPS) is 30.1. The van der Waals surface area contributed by atoms with Gasteiger partial charge in [0, 0.05) is 11.7 Å². The van der Waals surface area contributed by atoms with Gasteiger partial charge in [-0.25, -0.2) is 4.79 Å². The lowest BCUT2D eigenvalue weighted by molar-refractivity contribution is 0.230. The van der Waals surface area contributed by atoms with Crippen LogP contribution in [-0.4, -0.2) is 12.1 Å². The third kappa shape index (κ3) is 2.75. The summed E-state index contributed by atoms with van der Waals surface area (Å²) < 4.78 is 0. The van der Waals surface area contributed by atoms with Crippen molar-refractivity contribution in [2.75, 3.05) is 5.32 Å². The third-order valence-corrected chi connectivity index (χ3v) is 4.83. The van der Waals surface area contributed by atoms with Crippen LogP contribution in [-0.2, 0) is 0 Å². The highest BCUT2D eigenvalue weighted by atomic mass is 16.2. The molecule has 0 heterocycles. The molecule has 1 aromatic rings. The molecular weight excluding hydrogens is 236 g/mol. The third-order valence-electron chi connectivity index (χ3n) is 4.83. The van der Waals surface area contributed by atoms with Crippen LogP contribution in [0.2, 0.25) is 0 Å². The Morgan fingerprint density at radius 3 is 2.63 bits per heavy atom. The lowest BCUT2D eigenvalue weighted by Crippen LogP contribution is -2.42. The highest BCUT2D eigenvalue weighted by Gasteiger charge is 2.42. The van der Waals surface area contributed by atoms with E-state index in [0.717, 1.165) is 17.5 Å². The number of hydrogen-bond acceptors (Lipinski definition) is 1. The van der Waals surface area contributed by atoms with Crippen LogP contribution in [0.15, 0.2) is 30.3 Å². The molecule has 2 bridgehead atoms. The number of anilines is 1. The van der Waals surface area contributed by atoms with E-state index in [9.17, 15) is 4.79 Å². The summed E-state index contributed by atoms with van der Waals surface area (Å²) in [6.07, 6.45) is 5.46. The van der Waals surface area contributed by atoms with E-state index in [4.69, 9.17) is 0 Å². The predicted molar refractivity (Wildman–Crippen MR) is 77.0 cm³/mol. The Morgan fingerprint density at radius 1 is 1.21 bits per heavy atom. The molecule has 0 aliphatic heterocycles. The quantitative estimate of drug-likeness (QED) is 0.854. The van der Waals surface area contributed by atoms with Gasteiger partial charge in [0.05, 0.1) is 0 Å². The first kappa shape index (κ1) is 12.5. The van der Waals surface area contributed by atoms with Crippen LogP contribution in [0.4, 0.5) is 10.5 Å². The predicted octanol–water partition coefficient (Wildman–Crippen LogP) is 3.63. The molecule has 4 atom stereocenters. The van der Waals surface area contributed by atoms with Crippen molar-refractivity contribution in [1.82, 2.24) is 5.32 Å². The van der Waals surface area contributed by atoms with Crippen LogP contribution in [0.25, 0.3) is 0 Å². The van der Waals surface area contributed by atoms with Gasteiger partial charge < -0.3 is 10.6 Å². The molecule has 0 unspecified atom stereocenters. The first-order valence-corrected chi connectivity index (χ1v) is 7.35. The summed E-state index contributed by atoms with van der Waals surface area (Å²) in [5.41, 5.74) is 0.847. The second-order valence-electron chi connectivity index (χ2n) is 6.09. The van der Waals surface area contributed by atoms with Gasteiger partial charge in [-0.3, -0.25) is 0 Å². The molecule has 2 saturated carbocycles. The zero-order chi connectivity index (χ0) is 13.2. The van der Waals surface area contributed by atoms with E-state index >= 15 is 0 Å². The van der Waals surface area contributed by atoms with Gasteiger partial charge in [-0.2, -0.15) is 0 Å². The summed E-state index contributed by atoms with van der Waals surface area (Å²) >= 11 is 0. The summed E-state index contributed by atoms with van der Waals surface area (Å²) in [5.74, 6) is 2.45. The highest BCUT2D eigenvalue weighted by molar-refractivity contribution is 5.89. The van der Waals surface area contributed by atoms with Crippen molar-refractivity contribution in [3.05, 3.63) is 30.3 Å². The number of benzene rings is 1. The molecule has 3 nitrogen and oxygen atoms in total. The van der Waals surface area contributed by atoms with Crippen molar-refractivity contribution in [3.63, 3.8) is 0 Å². The molecule has 2 amide bonds. The molecule has 2 aliphatic carbocycles. The standard InChI is InChI=1S/C16H22N2O/c1-11(15-10-12-7-8-13(15)9-12)17-16(19)18-14-5-3-2-4-6-14/h2-6,11-13,15H,7-10H2,1H3,(H2,17,18,19)/t11-,12+,13+,15-/m0/s1. The molecular formula is C16H22N2O. The monoisotopic (exact) mass is 258 g/mol. The van der Waals surface area contributed by atoms with Crippen LogP contribution >= 0.6 is 0 Å². The molecule has 0 saturated heterocycles. The van der Waals surface area contributed by atoms with Gasteiger partial charge >= 0.3 is 6.03 Å². The summed E-state index contributed by atoms with van der Waals surface area (Å²) in [7, 11) is 0. The number of carbonyl (C=O) groups is 1. The molecule has 0 spiro atoms. The number of fused-ring (bicyclic) bond motifs is 2. The molecule has 3 rings (SSSR count). The SMILES string of the molecule is C[C@H](NC(=O)Nc1ccccc1)[C@@H]1C[C@@H]2CC[C@@H]1C2. The topological polar surface area (TPSA) is 41.1 Å². The molecule has 19 heavy (non-hydrogen) atoms.